The molecule has 0 aliphatic carbocycles. The van der Waals surface area contributed by atoms with E-state index in [1.807, 2.05) is 18.3 Å². The summed E-state index contributed by atoms with van der Waals surface area (Å²) in [4.78, 5) is 24.3. The highest BCUT2D eigenvalue weighted by Gasteiger charge is 2.21. The topological polar surface area (TPSA) is 86.2 Å². The number of hydrogen-bond acceptors (Lipinski definition) is 8. The Morgan fingerprint density at radius 3 is 2.71 bits per heavy atom. The molecule has 2 aliphatic rings. The first kappa shape index (κ1) is 18.4. The van der Waals surface area contributed by atoms with Gasteiger partial charge in [-0.1, -0.05) is 11.6 Å². The predicted molar refractivity (Wildman–Crippen MR) is 114 cm³/mol. The molecule has 31 heavy (non-hydrogen) atoms. The van der Waals surface area contributed by atoms with Gasteiger partial charge in [0, 0.05) is 67.2 Å². The molecule has 0 N–H and O–H groups in total. The minimum Gasteiger partial charge on any atom is -0.454 e. The molecule has 0 amide bonds. The van der Waals surface area contributed by atoms with Gasteiger partial charge in [-0.15, -0.1) is 0 Å². The summed E-state index contributed by atoms with van der Waals surface area (Å²) in [5.74, 6) is 2.11. The van der Waals surface area contributed by atoms with Crippen LogP contribution in [0.25, 0.3) is 22.3 Å². The summed E-state index contributed by atoms with van der Waals surface area (Å²) in [6.07, 6.45) is 7.70. The van der Waals surface area contributed by atoms with Crippen LogP contribution in [0, 0.1) is 0 Å². The van der Waals surface area contributed by atoms with Gasteiger partial charge in [0.25, 0.3) is 0 Å². The number of rotatable bonds is 3. The average Bonchev–Trinajstić information content (AvgIpc) is 3.25. The zero-order valence-corrected chi connectivity index (χ0v) is 17.2. The smallest absolute Gasteiger partial charge is 0.231 e. The second kappa shape index (κ2) is 7.40. The maximum Gasteiger partial charge on any atom is 0.231 e. The van der Waals surface area contributed by atoms with Crippen LogP contribution in [-0.4, -0.2) is 43.2 Å². The second-order valence-electron chi connectivity index (χ2n) is 7.59. The van der Waals surface area contributed by atoms with E-state index in [2.05, 4.69) is 30.9 Å². The molecule has 0 fully saturated rings. The number of ether oxygens (including phenoxy) is 2. The summed E-state index contributed by atoms with van der Waals surface area (Å²) in [5.41, 5.74) is 4.80. The van der Waals surface area contributed by atoms with Gasteiger partial charge < -0.3 is 9.47 Å². The van der Waals surface area contributed by atoms with Gasteiger partial charge in [0.2, 0.25) is 6.79 Å². The van der Waals surface area contributed by atoms with Crippen LogP contribution in [-0.2, 0) is 19.5 Å². The van der Waals surface area contributed by atoms with Gasteiger partial charge in [-0.25, -0.2) is 24.9 Å². The molecule has 1 aromatic carbocycles. The molecular weight excluding hydrogens is 416 g/mol. The molecule has 2 aliphatic heterocycles. The number of pyridine rings is 1. The van der Waals surface area contributed by atoms with Gasteiger partial charge in [-0.3, -0.25) is 4.90 Å². The molecule has 4 aromatic rings. The van der Waals surface area contributed by atoms with Crippen molar-refractivity contribution in [1.82, 2.24) is 29.8 Å². The normalized spacial score (nSPS) is 15.3. The number of halogens is 1. The van der Waals surface area contributed by atoms with E-state index in [9.17, 15) is 0 Å². The van der Waals surface area contributed by atoms with Crippen molar-refractivity contribution in [2.24, 2.45) is 0 Å². The molecule has 6 rings (SSSR count). The van der Waals surface area contributed by atoms with Crippen molar-refractivity contribution in [3.63, 3.8) is 0 Å². The highest BCUT2D eigenvalue weighted by Crippen LogP contribution is 2.36. The van der Waals surface area contributed by atoms with E-state index in [0.29, 0.717) is 23.3 Å². The van der Waals surface area contributed by atoms with Crippen LogP contribution in [0.4, 0.5) is 0 Å². The summed E-state index contributed by atoms with van der Waals surface area (Å²) in [6.45, 7) is 2.57. The summed E-state index contributed by atoms with van der Waals surface area (Å²) in [5, 5.41) is 1.49. The molecule has 0 atom stereocenters. The van der Waals surface area contributed by atoms with Crippen molar-refractivity contribution < 1.29 is 9.47 Å². The monoisotopic (exact) mass is 432 g/mol. The zero-order chi connectivity index (χ0) is 20.8. The van der Waals surface area contributed by atoms with Crippen LogP contribution in [0.2, 0.25) is 5.15 Å². The molecule has 9 heteroatoms. The van der Waals surface area contributed by atoms with E-state index >= 15 is 0 Å². The Hall–Kier alpha value is -3.36. The molecule has 0 spiro atoms. The van der Waals surface area contributed by atoms with Crippen LogP contribution >= 0.6 is 11.6 Å². The minimum absolute atomic E-state index is 0.237. The van der Waals surface area contributed by atoms with Crippen LogP contribution in [0.3, 0.4) is 0 Å². The number of benzene rings is 1. The molecule has 0 bridgehead atoms. The summed E-state index contributed by atoms with van der Waals surface area (Å²) in [7, 11) is 0. The molecule has 5 heterocycles. The second-order valence-corrected chi connectivity index (χ2v) is 7.95. The Morgan fingerprint density at radius 1 is 1.00 bits per heavy atom. The zero-order valence-electron chi connectivity index (χ0n) is 16.5. The average molecular weight is 433 g/mol. The van der Waals surface area contributed by atoms with Gasteiger partial charge in [-0.05, 0) is 12.1 Å². The van der Waals surface area contributed by atoms with Crippen LogP contribution in [0.15, 0.2) is 43.1 Å². The number of nitrogens with zero attached hydrogens (tertiary/aromatic N) is 6. The predicted octanol–water partition coefficient (Wildman–Crippen LogP) is 3.42. The van der Waals surface area contributed by atoms with Crippen molar-refractivity contribution in [2.75, 3.05) is 13.3 Å². The van der Waals surface area contributed by atoms with Crippen molar-refractivity contribution >= 4 is 22.5 Å². The van der Waals surface area contributed by atoms with Gasteiger partial charge >= 0.3 is 0 Å². The highest BCUT2D eigenvalue weighted by molar-refractivity contribution is 6.30. The summed E-state index contributed by atoms with van der Waals surface area (Å²) in [6, 6.07) is 5.91. The molecule has 0 saturated heterocycles. The fourth-order valence-corrected chi connectivity index (χ4v) is 4.20. The highest BCUT2D eigenvalue weighted by atomic mass is 35.5. The summed E-state index contributed by atoms with van der Waals surface area (Å²) >= 11 is 6.52. The van der Waals surface area contributed by atoms with Crippen LogP contribution < -0.4 is 9.47 Å². The standard InChI is InChI=1S/C22H17ClN6O2/c23-21-14(3-13-4-19-20(31-12-30-19)5-18(13)27-21)9-29-2-1-17-16(10-29)8-26-22(28-17)15-6-24-11-25-7-15/h3-8,11H,1-2,9-10,12H2. The quantitative estimate of drug-likeness (QED) is 0.455. The maximum absolute atomic E-state index is 6.52. The van der Waals surface area contributed by atoms with E-state index in [1.165, 1.54) is 6.33 Å². The molecule has 3 aromatic heterocycles. The fourth-order valence-electron chi connectivity index (χ4n) is 4.00. The molecular formula is C22H17ClN6O2. The fraction of sp³-hybridized carbons (Fsp3) is 0.227. The van der Waals surface area contributed by atoms with E-state index in [1.54, 1.807) is 12.4 Å². The minimum atomic E-state index is 0.237. The van der Waals surface area contributed by atoms with Crippen molar-refractivity contribution in [3.05, 3.63) is 65.1 Å². The first-order valence-electron chi connectivity index (χ1n) is 9.94. The van der Waals surface area contributed by atoms with E-state index in [0.717, 1.165) is 58.5 Å². The first-order chi connectivity index (χ1) is 15.2. The maximum atomic E-state index is 6.52. The van der Waals surface area contributed by atoms with Crippen LogP contribution in [0.1, 0.15) is 16.8 Å². The first-order valence-corrected chi connectivity index (χ1v) is 10.3. The lowest BCUT2D eigenvalue weighted by molar-refractivity contribution is 0.174. The van der Waals surface area contributed by atoms with E-state index in [-0.39, 0.29) is 6.79 Å². The third kappa shape index (κ3) is 3.43. The molecule has 8 nitrogen and oxygen atoms in total. The number of aromatic nitrogens is 5. The van der Waals surface area contributed by atoms with Gasteiger partial charge in [0.1, 0.15) is 11.5 Å². The number of hydrogen-bond donors (Lipinski definition) is 0. The van der Waals surface area contributed by atoms with Crippen molar-refractivity contribution in [1.29, 1.82) is 0 Å². The van der Waals surface area contributed by atoms with Crippen LogP contribution in [0.5, 0.6) is 11.5 Å². The Labute approximate surface area is 182 Å². The van der Waals surface area contributed by atoms with Crippen molar-refractivity contribution in [3.8, 4) is 22.9 Å². The third-order valence-electron chi connectivity index (χ3n) is 5.56. The lowest BCUT2D eigenvalue weighted by Gasteiger charge is -2.28. The lowest BCUT2D eigenvalue weighted by Crippen LogP contribution is -2.31. The lowest BCUT2D eigenvalue weighted by atomic mass is 10.1. The van der Waals surface area contributed by atoms with Gasteiger partial charge in [-0.2, -0.15) is 0 Å². The Morgan fingerprint density at radius 2 is 1.84 bits per heavy atom. The molecule has 0 radical (unpaired) electrons. The largest absolute Gasteiger partial charge is 0.454 e. The molecule has 0 saturated carbocycles. The Bertz CT molecular complexity index is 1300. The number of fused-ring (bicyclic) bond motifs is 3. The van der Waals surface area contributed by atoms with E-state index < -0.39 is 0 Å². The Kier molecular flexibility index (Phi) is 4.40. The third-order valence-corrected chi connectivity index (χ3v) is 5.89. The summed E-state index contributed by atoms with van der Waals surface area (Å²) < 4.78 is 10.9. The van der Waals surface area contributed by atoms with E-state index in [4.69, 9.17) is 26.1 Å². The van der Waals surface area contributed by atoms with Gasteiger partial charge in [0.05, 0.1) is 16.8 Å². The SMILES string of the molecule is Clc1nc2cc3c(cc2cc1CN1CCc2nc(-c4cncnc4)ncc2C1)OCO3. The molecule has 154 valence electrons. The Balaban J connectivity index is 1.24. The molecule has 0 unspecified atom stereocenters. The van der Waals surface area contributed by atoms with Crippen molar-refractivity contribution in [2.45, 2.75) is 19.5 Å². The van der Waals surface area contributed by atoms with Gasteiger partial charge in [0.15, 0.2) is 17.3 Å².